The minimum atomic E-state index is -4.29. The summed E-state index contributed by atoms with van der Waals surface area (Å²) in [7, 11) is 0. The predicted molar refractivity (Wildman–Crippen MR) is 114 cm³/mol. The van der Waals surface area contributed by atoms with Crippen molar-refractivity contribution in [3.63, 3.8) is 0 Å². The summed E-state index contributed by atoms with van der Waals surface area (Å²) in [5, 5.41) is 0. The molecule has 2 aromatic rings. The van der Waals surface area contributed by atoms with Gasteiger partial charge in [-0.2, -0.15) is 13.2 Å². The number of carbonyl (C=O) groups is 1. The average Bonchev–Trinajstić information content (AvgIpc) is 2.68. The van der Waals surface area contributed by atoms with Crippen molar-refractivity contribution in [2.45, 2.75) is 71.4 Å². The number of halogens is 3. The van der Waals surface area contributed by atoms with E-state index in [1.54, 1.807) is 6.92 Å². The normalized spacial score (nSPS) is 13.9. The second-order valence-corrected chi connectivity index (χ2v) is 8.29. The number of unbranched alkanes of at least 4 members (excludes halogenated alkanes) is 1. The van der Waals surface area contributed by atoms with E-state index in [0.29, 0.717) is 18.8 Å². The third-order valence-corrected chi connectivity index (χ3v) is 5.22. The average molecular weight is 421 g/mol. The van der Waals surface area contributed by atoms with Gasteiger partial charge in [-0.15, -0.1) is 0 Å². The summed E-state index contributed by atoms with van der Waals surface area (Å²) in [6, 6.07) is 13.6. The van der Waals surface area contributed by atoms with Gasteiger partial charge in [0.1, 0.15) is 5.75 Å². The predicted octanol–water partition coefficient (Wildman–Crippen LogP) is 7.43. The molecule has 2 rings (SSSR count). The van der Waals surface area contributed by atoms with Gasteiger partial charge in [-0.05, 0) is 54.5 Å². The molecule has 0 saturated carbocycles. The maximum atomic E-state index is 13.3. The Morgan fingerprint density at radius 2 is 1.50 bits per heavy atom. The van der Waals surface area contributed by atoms with Gasteiger partial charge in [0.05, 0.1) is 11.8 Å². The van der Waals surface area contributed by atoms with Crippen LogP contribution >= 0.6 is 0 Å². The number of benzene rings is 2. The standard InChI is InChI=1S/C25H31F3O2/c1-5-6-7-23(25(26,27)28)21-12-14-22(15-13-21)30-24(29)18(4)20-10-8-19(9-11-20)16-17(2)3/h8-15,17-18,23H,5-7,16H2,1-4H3/t18-,23+/m0/s1. The van der Waals surface area contributed by atoms with Gasteiger partial charge in [0.15, 0.2) is 0 Å². The fourth-order valence-corrected chi connectivity index (χ4v) is 3.45. The van der Waals surface area contributed by atoms with Crippen LogP contribution in [0.25, 0.3) is 0 Å². The zero-order chi connectivity index (χ0) is 22.3. The largest absolute Gasteiger partial charge is 0.426 e. The van der Waals surface area contributed by atoms with Crippen molar-refractivity contribution < 1.29 is 22.7 Å². The van der Waals surface area contributed by atoms with Crippen LogP contribution in [0.15, 0.2) is 48.5 Å². The summed E-state index contributed by atoms with van der Waals surface area (Å²) in [5.41, 5.74) is 2.26. The summed E-state index contributed by atoms with van der Waals surface area (Å²) >= 11 is 0. The van der Waals surface area contributed by atoms with E-state index in [1.165, 1.54) is 29.8 Å². The van der Waals surface area contributed by atoms with Gasteiger partial charge in [-0.1, -0.05) is 70.0 Å². The summed E-state index contributed by atoms with van der Waals surface area (Å²) in [6.45, 7) is 7.94. The van der Waals surface area contributed by atoms with Crippen LogP contribution in [0.4, 0.5) is 13.2 Å². The van der Waals surface area contributed by atoms with Crippen molar-refractivity contribution in [2.24, 2.45) is 5.92 Å². The number of rotatable bonds is 9. The monoisotopic (exact) mass is 420 g/mol. The second-order valence-electron chi connectivity index (χ2n) is 8.29. The number of esters is 1. The van der Waals surface area contributed by atoms with E-state index in [-0.39, 0.29) is 17.7 Å². The van der Waals surface area contributed by atoms with Crippen molar-refractivity contribution >= 4 is 5.97 Å². The lowest BCUT2D eigenvalue weighted by Gasteiger charge is -2.21. The number of carbonyl (C=O) groups excluding carboxylic acids is 1. The van der Waals surface area contributed by atoms with Crippen molar-refractivity contribution in [1.29, 1.82) is 0 Å². The molecule has 0 aliphatic heterocycles. The number of hydrogen-bond donors (Lipinski definition) is 0. The van der Waals surface area contributed by atoms with Gasteiger partial charge in [0.25, 0.3) is 0 Å². The van der Waals surface area contributed by atoms with Crippen molar-refractivity contribution in [1.82, 2.24) is 0 Å². The smallest absolute Gasteiger partial charge is 0.395 e. The van der Waals surface area contributed by atoms with Gasteiger partial charge < -0.3 is 4.74 Å². The van der Waals surface area contributed by atoms with Crippen LogP contribution in [0.3, 0.4) is 0 Å². The summed E-state index contributed by atoms with van der Waals surface area (Å²) in [6.07, 6.45) is -2.04. The molecule has 0 heterocycles. The highest BCUT2D eigenvalue weighted by atomic mass is 19.4. The first-order valence-electron chi connectivity index (χ1n) is 10.6. The number of ether oxygens (including phenoxy) is 1. The van der Waals surface area contributed by atoms with E-state index < -0.39 is 24.0 Å². The first-order chi connectivity index (χ1) is 14.1. The SMILES string of the molecule is CCCC[C@H](c1ccc(OC(=O)[C@@H](C)c2ccc(CC(C)C)cc2)cc1)C(F)(F)F. The zero-order valence-electron chi connectivity index (χ0n) is 18.1. The lowest BCUT2D eigenvalue weighted by Crippen LogP contribution is -2.21. The Bertz CT molecular complexity index is 793. The third-order valence-electron chi connectivity index (χ3n) is 5.22. The second kappa shape index (κ2) is 10.6. The quantitative estimate of drug-likeness (QED) is 0.311. The topological polar surface area (TPSA) is 26.3 Å². The minimum Gasteiger partial charge on any atom is -0.426 e. The van der Waals surface area contributed by atoms with Crippen LogP contribution in [-0.2, 0) is 11.2 Å². The van der Waals surface area contributed by atoms with Gasteiger partial charge in [-0.25, -0.2) is 0 Å². The van der Waals surface area contributed by atoms with Crippen molar-refractivity contribution in [3.05, 3.63) is 65.2 Å². The van der Waals surface area contributed by atoms with Crippen molar-refractivity contribution in [2.75, 3.05) is 0 Å². The highest BCUT2D eigenvalue weighted by Crippen LogP contribution is 2.39. The Labute approximate surface area is 177 Å². The van der Waals surface area contributed by atoms with E-state index in [0.717, 1.165) is 12.0 Å². The molecule has 164 valence electrons. The molecule has 0 saturated heterocycles. The molecule has 0 fully saturated rings. The molecule has 0 amide bonds. The molecule has 0 aliphatic carbocycles. The molecule has 2 aromatic carbocycles. The first-order valence-corrected chi connectivity index (χ1v) is 10.6. The molecule has 0 aliphatic rings. The molecular formula is C25H31F3O2. The van der Waals surface area contributed by atoms with Crippen LogP contribution in [0.1, 0.15) is 75.5 Å². The van der Waals surface area contributed by atoms with E-state index in [1.807, 2.05) is 31.2 Å². The fourth-order valence-electron chi connectivity index (χ4n) is 3.45. The van der Waals surface area contributed by atoms with Crippen LogP contribution in [0.2, 0.25) is 0 Å². The third kappa shape index (κ3) is 6.89. The molecule has 0 spiro atoms. The molecule has 5 heteroatoms. The number of alkyl halides is 3. The van der Waals surface area contributed by atoms with E-state index >= 15 is 0 Å². The Balaban J connectivity index is 2.04. The first kappa shape index (κ1) is 24.0. The number of hydrogen-bond acceptors (Lipinski definition) is 2. The maximum Gasteiger partial charge on any atom is 0.395 e. The summed E-state index contributed by atoms with van der Waals surface area (Å²) in [5.74, 6) is -1.59. The maximum absolute atomic E-state index is 13.3. The molecule has 0 aromatic heterocycles. The zero-order valence-corrected chi connectivity index (χ0v) is 18.1. The van der Waals surface area contributed by atoms with Gasteiger partial charge in [0.2, 0.25) is 0 Å². The lowest BCUT2D eigenvalue weighted by atomic mass is 9.93. The minimum absolute atomic E-state index is 0.0585. The highest BCUT2D eigenvalue weighted by molar-refractivity contribution is 5.79. The van der Waals surface area contributed by atoms with Crippen LogP contribution in [-0.4, -0.2) is 12.1 Å². The van der Waals surface area contributed by atoms with Crippen LogP contribution in [0.5, 0.6) is 5.75 Å². The molecular weight excluding hydrogens is 389 g/mol. The molecule has 0 bridgehead atoms. The summed E-state index contributed by atoms with van der Waals surface area (Å²) in [4.78, 5) is 12.5. The van der Waals surface area contributed by atoms with Crippen molar-refractivity contribution in [3.8, 4) is 5.75 Å². The van der Waals surface area contributed by atoms with Gasteiger partial charge >= 0.3 is 12.1 Å². The molecule has 0 unspecified atom stereocenters. The Morgan fingerprint density at radius 3 is 2.00 bits per heavy atom. The Hall–Kier alpha value is -2.30. The van der Waals surface area contributed by atoms with E-state index in [9.17, 15) is 18.0 Å². The summed E-state index contributed by atoms with van der Waals surface area (Å²) < 4.78 is 45.4. The van der Waals surface area contributed by atoms with Crippen LogP contribution in [0, 0.1) is 5.92 Å². The Morgan fingerprint density at radius 1 is 0.933 bits per heavy atom. The molecule has 2 nitrogen and oxygen atoms in total. The molecule has 0 N–H and O–H groups in total. The molecule has 2 atom stereocenters. The highest BCUT2D eigenvalue weighted by Gasteiger charge is 2.39. The fraction of sp³-hybridized carbons (Fsp3) is 0.480. The lowest BCUT2D eigenvalue weighted by molar-refractivity contribution is -0.152. The van der Waals surface area contributed by atoms with E-state index in [4.69, 9.17) is 4.74 Å². The molecule has 30 heavy (non-hydrogen) atoms. The van der Waals surface area contributed by atoms with Gasteiger partial charge in [-0.3, -0.25) is 4.79 Å². The van der Waals surface area contributed by atoms with E-state index in [2.05, 4.69) is 13.8 Å². The molecule has 0 radical (unpaired) electrons. The Kier molecular flexibility index (Phi) is 8.51. The van der Waals surface area contributed by atoms with Crippen LogP contribution < -0.4 is 4.74 Å². The van der Waals surface area contributed by atoms with Gasteiger partial charge in [0, 0.05) is 0 Å².